The van der Waals surface area contributed by atoms with Gasteiger partial charge < -0.3 is 5.32 Å². The Hall–Kier alpha value is -3.42. The molecule has 7 heteroatoms. The third-order valence-electron chi connectivity index (χ3n) is 6.07. The minimum atomic E-state index is -0.0337. The van der Waals surface area contributed by atoms with Gasteiger partial charge in [-0.15, -0.1) is 11.3 Å². The predicted octanol–water partition coefficient (Wildman–Crippen LogP) is 5.61. The summed E-state index contributed by atoms with van der Waals surface area (Å²) < 4.78 is 0. The third kappa shape index (κ3) is 5.21. The Morgan fingerprint density at radius 1 is 1.09 bits per heavy atom. The first-order chi connectivity index (χ1) is 16.7. The van der Waals surface area contributed by atoms with Crippen LogP contribution in [-0.2, 0) is 11.3 Å². The number of amides is 1. The number of piperidine rings is 1. The molecule has 1 N–H and O–H groups in total. The molecule has 0 spiro atoms. The molecule has 0 aliphatic carbocycles. The average Bonchev–Trinajstić information content (AvgIpc) is 3.30. The fourth-order valence-electron chi connectivity index (χ4n) is 4.53. The SMILES string of the molecule is CC(=O)Nc1ccc(CN2CCC[C@@H](c3nc(-c4ccncc4)ncc3-c3ccccc3)C2)s1. The summed E-state index contributed by atoms with van der Waals surface area (Å²) in [6, 6.07) is 18.4. The summed E-state index contributed by atoms with van der Waals surface area (Å²) in [4.78, 5) is 29.1. The van der Waals surface area contributed by atoms with Crippen molar-refractivity contribution in [3.63, 3.8) is 0 Å². The van der Waals surface area contributed by atoms with Gasteiger partial charge in [-0.1, -0.05) is 30.3 Å². The molecular weight excluding hydrogens is 442 g/mol. The molecule has 0 radical (unpaired) electrons. The van der Waals surface area contributed by atoms with Gasteiger partial charge in [0.15, 0.2) is 5.82 Å². The molecule has 5 rings (SSSR count). The Morgan fingerprint density at radius 3 is 2.71 bits per heavy atom. The lowest BCUT2D eigenvalue weighted by Gasteiger charge is -2.33. The van der Waals surface area contributed by atoms with Crippen LogP contribution in [-0.4, -0.2) is 38.8 Å². The second-order valence-corrected chi connectivity index (χ2v) is 9.78. The Labute approximate surface area is 203 Å². The topological polar surface area (TPSA) is 71.0 Å². The van der Waals surface area contributed by atoms with Crippen LogP contribution >= 0.6 is 11.3 Å². The van der Waals surface area contributed by atoms with Gasteiger partial charge in [-0.05, 0) is 49.2 Å². The number of hydrogen-bond donors (Lipinski definition) is 1. The monoisotopic (exact) mass is 469 g/mol. The van der Waals surface area contributed by atoms with E-state index in [-0.39, 0.29) is 5.91 Å². The average molecular weight is 470 g/mol. The minimum Gasteiger partial charge on any atom is -0.318 e. The second-order valence-electron chi connectivity index (χ2n) is 8.62. The van der Waals surface area contributed by atoms with Gasteiger partial charge in [0, 0.05) is 60.5 Å². The van der Waals surface area contributed by atoms with E-state index in [9.17, 15) is 4.79 Å². The Kier molecular flexibility index (Phi) is 6.74. The maximum Gasteiger partial charge on any atom is 0.221 e. The zero-order valence-corrected chi connectivity index (χ0v) is 20.0. The number of thiophene rings is 1. The highest BCUT2D eigenvalue weighted by molar-refractivity contribution is 7.16. The number of anilines is 1. The molecule has 4 aromatic rings. The van der Waals surface area contributed by atoms with E-state index in [1.807, 2.05) is 30.5 Å². The van der Waals surface area contributed by atoms with Gasteiger partial charge in [-0.2, -0.15) is 0 Å². The van der Waals surface area contributed by atoms with Crippen molar-refractivity contribution >= 4 is 22.2 Å². The Balaban J connectivity index is 1.42. The number of benzene rings is 1. The normalized spacial score (nSPS) is 16.3. The molecule has 172 valence electrons. The van der Waals surface area contributed by atoms with Gasteiger partial charge in [0.05, 0.1) is 10.7 Å². The third-order valence-corrected chi connectivity index (χ3v) is 7.06. The van der Waals surface area contributed by atoms with Crippen LogP contribution in [0.15, 0.2) is 73.2 Å². The molecule has 3 aromatic heterocycles. The van der Waals surface area contributed by atoms with E-state index in [4.69, 9.17) is 9.97 Å². The van der Waals surface area contributed by atoms with Crippen LogP contribution in [0.4, 0.5) is 5.00 Å². The number of nitrogens with zero attached hydrogens (tertiary/aromatic N) is 4. The van der Waals surface area contributed by atoms with Crippen molar-refractivity contribution in [1.29, 1.82) is 0 Å². The fourth-order valence-corrected chi connectivity index (χ4v) is 5.53. The molecule has 1 aromatic carbocycles. The quantitative estimate of drug-likeness (QED) is 0.398. The van der Waals surface area contributed by atoms with E-state index in [0.29, 0.717) is 5.92 Å². The van der Waals surface area contributed by atoms with Gasteiger partial charge >= 0.3 is 0 Å². The maximum absolute atomic E-state index is 11.4. The van der Waals surface area contributed by atoms with E-state index in [1.54, 1.807) is 30.7 Å². The minimum absolute atomic E-state index is 0.0337. The molecule has 1 aliphatic heterocycles. The Morgan fingerprint density at radius 2 is 1.91 bits per heavy atom. The van der Waals surface area contributed by atoms with Gasteiger partial charge in [0.2, 0.25) is 5.91 Å². The summed E-state index contributed by atoms with van der Waals surface area (Å²) in [5, 5.41) is 3.79. The van der Waals surface area contributed by atoms with Crippen molar-refractivity contribution in [1.82, 2.24) is 19.9 Å². The lowest BCUT2D eigenvalue weighted by atomic mass is 9.89. The summed E-state index contributed by atoms with van der Waals surface area (Å²) in [5.74, 6) is 1.03. The van der Waals surface area contributed by atoms with Gasteiger partial charge in [-0.3, -0.25) is 14.7 Å². The smallest absolute Gasteiger partial charge is 0.221 e. The molecule has 0 unspecified atom stereocenters. The zero-order chi connectivity index (χ0) is 23.3. The molecule has 1 saturated heterocycles. The first-order valence-corrected chi connectivity index (χ1v) is 12.4. The summed E-state index contributed by atoms with van der Waals surface area (Å²) in [5.41, 5.74) is 4.35. The molecule has 0 bridgehead atoms. The van der Waals surface area contributed by atoms with Gasteiger partial charge in [0.1, 0.15) is 0 Å². The molecule has 34 heavy (non-hydrogen) atoms. The lowest BCUT2D eigenvalue weighted by Crippen LogP contribution is -2.34. The molecular formula is C27H27N5OS. The number of rotatable bonds is 6. The van der Waals surface area contributed by atoms with E-state index in [0.717, 1.165) is 65.7 Å². The number of carbonyl (C=O) groups is 1. The highest BCUT2D eigenvalue weighted by Crippen LogP contribution is 2.35. The number of nitrogens with one attached hydrogen (secondary N) is 1. The summed E-state index contributed by atoms with van der Waals surface area (Å²) >= 11 is 1.65. The predicted molar refractivity (Wildman–Crippen MR) is 137 cm³/mol. The van der Waals surface area contributed by atoms with Crippen molar-refractivity contribution in [3.8, 4) is 22.5 Å². The van der Waals surface area contributed by atoms with Gasteiger partial charge in [-0.25, -0.2) is 9.97 Å². The number of hydrogen-bond acceptors (Lipinski definition) is 6. The molecule has 1 atom stereocenters. The van der Waals surface area contributed by atoms with Crippen LogP contribution in [0.25, 0.3) is 22.5 Å². The van der Waals surface area contributed by atoms with Crippen molar-refractivity contribution < 1.29 is 4.79 Å². The summed E-state index contributed by atoms with van der Waals surface area (Å²) in [7, 11) is 0. The molecule has 6 nitrogen and oxygen atoms in total. The van der Waals surface area contributed by atoms with Crippen molar-refractivity contribution in [2.75, 3.05) is 18.4 Å². The number of aromatic nitrogens is 3. The van der Waals surface area contributed by atoms with E-state index < -0.39 is 0 Å². The zero-order valence-electron chi connectivity index (χ0n) is 19.1. The van der Waals surface area contributed by atoms with Crippen molar-refractivity contribution in [3.05, 3.63) is 83.8 Å². The van der Waals surface area contributed by atoms with Crippen LogP contribution in [0.5, 0.6) is 0 Å². The number of carbonyl (C=O) groups excluding carboxylic acids is 1. The second kappa shape index (κ2) is 10.2. The fraction of sp³-hybridized carbons (Fsp3) is 0.259. The van der Waals surface area contributed by atoms with Crippen LogP contribution < -0.4 is 5.32 Å². The van der Waals surface area contributed by atoms with Crippen LogP contribution in [0.3, 0.4) is 0 Å². The largest absolute Gasteiger partial charge is 0.318 e. The molecule has 1 amide bonds. The first-order valence-electron chi connectivity index (χ1n) is 11.6. The summed E-state index contributed by atoms with van der Waals surface area (Å²) in [6.45, 7) is 4.43. The van der Waals surface area contributed by atoms with E-state index in [1.165, 1.54) is 4.88 Å². The highest BCUT2D eigenvalue weighted by Gasteiger charge is 2.26. The van der Waals surface area contributed by atoms with Crippen molar-refractivity contribution in [2.45, 2.75) is 32.2 Å². The number of pyridine rings is 1. The lowest BCUT2D eigenvalue weighted by molar-refractivity contribution is -0.114. The van der Waals surface area contributed by atoms with E-state index >= 15 is 0 Å². The van der Waals surface area contributed by atoms with Crippen LogP contribution in [0.2, 0.25) is 0 Å². The Bertz CT molecular complexity index is 1260. The van der Waals surface area contributed by atoms with Crippen LogP contribution in [0, 0.1) is 0 Å². The highest BCUT2D eigenvalue weighted by atomic mass is 32.1. The standard InChI is InChI=1S/C27H27N5OS/c1-19(33)30-25-10-9-23(34-25)18-32-15-5-8-22(17-32)26-24(20-6-3-2-4-7-20)16-29-27(31-26)21-11-13-28-14-12-21/h2-4,6-7,9-14,16,22H,5,8,15,17-18H2,1H3,(H,30,33)/t22-/m1/s1. The van der Waals surface area contributed by atoms with Crippen molar-refractivity contribution in [2.24, 2.45) is 0 Å². The molecule has 0 saturated carbocycles. The van der Waals surface area contributed by atoms with E-state index in [2.05, 4.69) is 45.5 Å². The molecule has 1 fully saturated rings. The van der Waals surface area contributed by atoms with Crippen LogP contribution in [0.1, 0.15) is 36.3 Å². The molecule has 1 aliphatic rings. The molecule has 4 heterocycles. The maximum atomic E-state index is 11.4. The summed E-state index contributed by atoms with van der Waals surface area (Å²) in [6.07, 6.45) is 7.76. The first kappa shape index (κ1) is 22.4. The van der Waals surface area contributed by atoms with Gasteiger partial charge in [0.25, 0.3) is 0 Å². The number of likely N-dealkylation sites (tertiary alicyclic amines) is 1.